The molecule has 0 unspecified atom stereocenters. The maximum atomic E-state index is 12.9. The Balaban J connectivity index is 1.89. The number of rotatable bonds is 4. The average Bonchev–Trinajstić information content (AvgIpc) is 2.94. The molecule has 0 fully saturated rings. The second kappa shape index (κ2) is 7.23. The second-order valence-corrected chi connectivity index (χ2v) is 8.39. The number of hydrogen-bond donors (Lipinski definition) is 3. The van der Waals surface area contributed by atoms with E-state index in [1.807, 2.05) is 13.8 Å². The Morgan fingerprint density at radius 1 is 1.08 bits per heavy atom. The first-order valence-corrected chi connectivity index (χ1v) is 9.74. The molecule has 2 aliphatic rings. The predicted molar refractivity (Wildman–Crippen MR) is 100 cm³/mol. The lowest BCUT2D eigenvalue weighted by atomic mass is 9.76. The Hall–Kier alpha value is -2.15. The summed E-state index contributed by atoms with van der Waals surface area (Å²) in [6, 6.07) is 0. The molecule has 0 saturated heterocycles. The molecule has 0 saturated carbocycles. The van der Waals surface area contributed by atoms with Gasteiger partial charge < -0.3 is 16.2 Å². The molecule has 0 aromatic carbocycles. The van der Waals surface area contributed by atoms with E-state index in [0.717, 1.165) is 47.3 Å². The third-order valence-electron chi connectivity index (χ3n) is 5.57. The van der Waals surface area contributed by atoms with Crippen LogP contribution < -0.4 is 11.1 Å². The van der Waals surface area contributed by atoms with Crippen LogP contribution in [-0.4, -0.2) is 22.9 Å². The Bertz CT molecular complexity index is 809. The van der Waals surface area contributed by atoms with Crippen molar-refractivity contribution in [3.8, 4) is 0 Å². The molecule has 0 aliphatic heterocycles. The minimum atomic E-state index is -0.961. The molecule has 1 heterocycles. The highest BCUT2D eigenvalue weighted by molar-refractivity contribution is 7.17. The molecular formula is C19H24N2O4S. The van der Waals surface area contributed by atoms with E-state index in [-0.39, 0.29) is 5.91 Å². The molecule has 26 heavy (non-hydrogen) atoms. The summed E-state index contributed by atoms with van der Waals surface area (Å²) >= 11 is 1.40. The number of carboxylic acid groups (broad SMARTS) is 1. The molecule has 1 aromatic heterocycles. The van der Waals surface area contributed by atoms with E-state index in [1.165, 1.54) is 11.3 Å². The molecule has 0 bridgehead atoms. The van der Waals surface area contributed by atoms with E-state index in [9.17, 15) is 19.5 Å². The molecule has 3 rings (SSSR count). The summed E-state index contributed by atoms with van der Waals surface area (Å²) in [4.78, 5) is 37.6. The molecule has 2 atom stereocenters. The Labute approximate surface area is 156 Å². The SMILES string of the molecule is CC1=C(C)C[C@@H](C(=O)Nc2sc3c(c2C(N)=O)CCCC3)[C@@H](C(=O)O)C1. The number of nitrogens with two attached hydrogens (primary N) is 1. The molecule has 0 radical (unpaired) electrons. The van der Waals surface area contributed by atoms with Gasteiger partial charge in [0.25, 0.3) is 5.91 Å². The Morgan fingerprint density at radius 3 is 2.31 bits per heavy atom. The van der Waals surface area contributed by atoms with Gasteiger partial charge in [-0.2, -0.15) is 0 Å². The van der Waals surface area contributed by atoms with Crippen LogP contribution in [0.3, 0.4) is 0 Å². The van der Waals surface area contributed by atoms with E-state index in [2.05, 4.69) is 5.32 Å². The van der Waals surface area contributed by atoms with Crippen molar-refractivity contribution < 1.29 is 19.5 Å². The summed E-state index contributed by atoms with van der Waals surface area (Å²) in [6.45, 7) is 3.85. The average molecular weight is 376 g/mol. The minimum Gasteiger partial charge on any atom is -0.481 e. The number of anilines is 1. The summed E-state index contributed by atoms with van der Waals surface area (Å²) in [5, 5.41) is 12.8. The van der Waals surface area contributed by atoms with Gasteiger partial charge in [0.15, 0.2) is 0 Å². The number of thiophene rings is 1. The molecule has 6 nitrogen and oxygen atoms in total. The van der Waals surface area contributed by atoms with Gasteiger partial charge in [0, 0.05) is 4.88 Å². The third kappa shape index (κ3) is 3.40. The van der Waals surface area contributed by atoms with Crippen LogP contribution in [0, 0.1) is 11.8 Å². The number of allylic oxidation sites excluding steroid dienone is 2. The van der Waals surface area contributed by atoms with Gasteiger partial charge in [0.1, 0.15) is 5.00 Å². The van der Waals surface area contributed by atoms with Crippen LogP contribution in [0.4, 0.5) is 5.00 Å². The zero-order valence-corrected chi connectivity index (χ0v) is 15.9. The van der Waals surface area contributed by atoms with Gasteiger partial charge in [0.2, 0.25) is 5.91 Å². The summed E-state index contributed by atoms with van der Waals surface area (Å²) in [5.41, 5.74) is 9.02. The van der Waals surface area contributed by atoms with Crippen molar-refractivity contribution in [2.75, 3.05) is 5.32 Å². The number of carbonyl (C=O) groups is 3. The number of carboxylic acids is 1. The van der Waals surface area contributed by atoms with Gasteiger partial charge in [-0.1, -0.05) is 11.1 Å². The first kappa shape index (κ1) is 18.6. The number of fused-ring (bicyclic) bond motifs is 1. The third-order valence-corrected chi connectivity index (χ3v) is 6.78. The van der Waals surface area contributed by atoms with Gasteiger partial charge in [-0.3, -0.25) is 14.4 Å². The fourth-order valence-corrected chi connectivity index (χ4v) is 5.24. The van der Waals surface area contributed by atoms with E-state index in [1.54, 1.807) is 0 Å². The van der Waals surface area contributed by atoms with E-state index >= 15 is 0 Å². The number of amides is 2. The summed E-state index contributed by atoms with van der Waals surface area (Å²) in [5.74, 6) is -3.23. The highest BCUT2D eigenvalue weighted by Crippen LogP contribution is 2.40. The molecule has 7 heteroatoms. The second-order valence-electron chi connectivity index (χ2n) is 7.29. The summed E-state index contributed by atoms with van der Waals surface area (Å²) in [7, 11) is 0. The molecule has 2 aliphatic carbocycles. The van der Waals surface area contributed by atoms with E-state index in [0.29, 0.717) is 23.4 Å². The van der Waals surface area contributed by atoms with E-state index < -0.39 is 23.7 Å². The Kier molecular flexibility index (Phi) is 5.18. The largest absolute Gasteiger partial charge is 0.481 e. The lowest BCUT2D eigenvalue weighted by molar-refractivity contribution is -0.146. The van der Waals surface area contributed by atoms with Crippen LogP contribution in [0.2, 0.25) is 0 Å². The number of hydrogen-bond acceptors (Lipinski definition) is 4. The summed E-state index contributed by atoms with van der Waals surface area (Å²) in [6.07, 6.45) is 4.55. The lowest BCUT2D eigenvalue weighted by Crippen LogP contribution is -2.36. The fraction of sp³-hybridized carbons (Fsp3) is 0.526. The van der Waals surface area contributed by atoms with Gasteiger partial charge in [-0.05, 0) is 57.9 Å². The van der Waals surface area contributed by atoms with Crippen molar-refractivity contribution in [1.29, 1.82) is 0 Å². The van der Waals surface area contributed by atoms with Gasteiger partial charge >= 0.3 is 5.97 Å². The number of aliphatic carboxylic acids is 1. The maximum Gasteiger partial charge on any atom is 0.307 e. The van der Waals surface area contributed by atoms with Crippen molar-refractivity contribution in [3.63, 3.8) is 0 Å². The number of aryl methyl sites for hydroxylation is 1. The van der Waals surface area contributed by atoms with Crippen LogP contribution in [-0.2, 0) is 22.4 Å². The van der Waals surface area contributed by atoms with Crippen molar-refractivity contribution in [2.45, 2.75) is 52.4 Å². The highest BCUT2D eigenvalue weighted by atomic mass is 32.1. The molecular weight excluding hydrogens is 352 g/mol. The number of carbonyl (C=O) groups excluding carboxylic acids is 2. The smallest absolute Gasteiger partial charge is 0.307 e. The van der Waals surface area contributed by atoms with Crippen LogP contribution in [0.25, 0.3) is 0 Å². The zero-order chi connectivity index (χ0) is 19.0. The van der Waals surface area contributed by atoms with Crippen molar-refractivity contribution in [3.05, 3.63) is 27.2 Å². The maximum absolute atomic E-state index is 12.9. The van der Waals surface area contributed by atoms with Crippen LogP contribution in [0.15, 0.2) is 11.1 Å². The van der Waals surface area contributed by atoms with Crippen LogP contribution in [0.1, 0.15) is 60.3 Å². The van der Waals surface area contributed by atoms with Gasteiger partial charge in [0.05, 0.1) is 17.4 Å². The van der Waals surface area contributed by atoms with Gasteiger partial charge in [-0.15, -0.1) is 11.3 Å². The zero-order valence-electron chi connectivity index (χ0n) is 15.1. The van der Waals surface area contributed by atoms with Crippen molar-refractivity contribution in [1.82, 2.24) is 0 Å². The number of nitrogens with one attached hydrogen (secondary N) is 1. The van der Waals surface area contributed by atoms with Crippen molar-refractivity contribution in [2.24, 2.45) is 17.6 Å². The fourth-order valence-electron chi connectivity index (χ4n) is 3.95. The quantitative estimate of drug-likeness (QED) is 0.701. The highest BCUT2D eigenvalue weighted by Gasteiger charge is 2.38. The van der Waals surface area contributed by atoms with Gasteiger partial charge in [-0.25, -0.2) is 0 Å². The first-order valence-electron chi connectivity index (χ1n) is 8.92. The number of primary amides is 1. The molecule has 140 valence electrons. The predicted octanol–water partition coefficient (Wildman–Crippen LogP) is 3.11. The molecule has 2 amide bonds. The molecule has 0 spiro atoms. The summed E-state index contributed by atoms with van der Waals surface area (Å²) < 4.78 is 0. The minimum absolute atomic E-state index is 0.342. The van der Waals surface area contributed by atoms with E-state index in [4.69, 9.17) is 5.73 Å². The molecule has 1 aromatic rings. The lowest BCUT2D eigenvalue weighted by Gasteiger charge is -2.29. The van der Waals surface area contributed by atoms with Crippen LogP contribution in [0.5, 0.6) is 0 Å². The molecule has 4 N–H and O–H groups in total. The van der Waals surface area contributed by atoms with Crippen molar-refractivity contribution >= 4 is 34.1 Å². The topological polar surface area (TPSA) is 109 Å². The monoisotopic (exact) mass is 376 g/mol. The first-order chi connectivity index (χ1) is 12.3. The Morgan fingerprint density at radius 2 is 1.69 bits per heavy atom. The standard InChI is InChI=1S/C19H24N2O4S/c1-9-7-12(13(19(24)25)8-10(9)2)17(23)21-18-15(16(20)22)11-5-3-4-6-14(11)26-18/h12-13H,3-8H2,1-2H3,(H2,20,22)(H,21,23)(H,24,25)/t12-,13+/m1/s1. The van der Waals surface area contributed by atoms with Crippen LogP contribution >= 0.6 is 11.3 Å². The normalized spacial score (nSPS) is 22.7.